The van der Waals surface area contributed by atoms with Crippen LogP contribution in [0.3, 0.4) is 0 Å². The van der Waals surface area contributed by atoms with Gasteiger partial charge in [0.1, 0.15) is 18.8 Å². The largest absolute Gasteiger partial charge is 0.486 e. The first-order valence-electron chi connectivity index (χ1n) is 8.24. The molecule has 0 spiro atoms. The lowest BCUT2D eigenvalue weighted by molar-refractivity contribution is -0.132. The molecule has 3 heterocycles. The molecule has 0 bridgehead atoms. The van der Waals surface area contributed by atoms with Gasteiger partial charge in [-0.15, -0.1) is 0 Å². The molecule has 2 saturated heterocycles. The van der Waals surface area contributed by atoms with Crippen molar-refractivity contribution in [3.63, 3.8) is 0 Å². The molecule has 4 rings (SSSR count). The third-order valence-electron chi connectivity index (χ3n) is 4.80. The summed E-state index contributed by atoms with van der Waals surface area (Å²) >= 11 is 0. The summed E-state index contributed by atoms with van der Waals surface area (Å²) in [5.74, 6) is 0.987. The molecule has 3 aliphatic rings. The summed E-state index contributed by atoms with van der Waals surface area (Å²) in [6.45, 7) is 3.68. The van der Waals surface area contributed by atoms with Crippen molar-refractivity contribution in [2.75, 3.05) is 26.4 Å². The van der Waals surface area contributed by atoms with Crippen LogP contribution in [-0.4, -0.2) is 49.3 Å². The molecular weight excluding hydrogens is 312 g/mol. The molecule has 7 nitrogen and oxygen atoms in total. The average molecular weight is 332 g/mol. The summed E-state index contributed by atoms with van der Waals surface area (Å²) < 4.78 is 16.6. The second-order valence-electron chi connectivity index (χ2n) is 6.46. The van der Waals surface area contributed by atoms with E-state index < -0.39 is 5.54 Å². The number of hydrogen-bond acceptors (Lipinski definition) is 5. The molecule has 128 valence electrons. The predicted octanol–water partition coefficient (Wildman–Crippen LogP) is 1.40. The van der Waals surface area contributed by atoms with Crippen molar-refractivity contribution in [1.29, 1.82) is 0 Å². The first-order chi connectivity index (χ1) is 11.6. The van der Waals surface area contributed by atoms with E-state index in [1.165, 1.54) is 4.90 Å². The first kappa shape index (κ1) is 15.3. The van der Waals surface area contributed by atoms with Crippen molar-refractivity contribution in [2.24, 2.45) is 0 Å². The van der Waals surface area contributed by atoms with Gasteiger partial charge in [0.25, 0.3) is 5.91 Å². The van der Waals surface area contributed by atoms with Crippen LogP contribution in [-0.2, 0) is 15.1 Å². The van der Waals surface area contributed by atoms with Gasteiger partial charge in [0.05, 0.1) is 12.6 Å². The van der Waals surface area contributed by atoms with Gasteiger partial charge in [-0.2, -0.15) is 0 Å². The monoisotopic (exact) mass is 332 g/mol. The van der Waals surface area contributed by atoms with Crippen molar-refractivity contribution in [2.45, 2.75) is 31.4 Å². The van der Waals surface area contributed by atoms with Crippen LogP contribution >= 0.6 is 0 Å². The lowest BCUT2D eigenvalue weighted by Gasteiger charge is -2.25. The highest BCUT2D eigenvalue weighted by atomic mass is 16.6. The third kappa shape index (κ3) is 2.39. The van der Waals surface area contributed by atoms with Gasteiger partial charge in [0.15, 0.2) is 11.5 Å². The van der Waals surface area contributed by atoms with Crippen molar-refractivity contribution >= 4 is 11.9 Å². The summed E-state index contributed by atoms with van der Waals surface area (Å²) in [6, 6.07) is 4.95. The van der Waals surface area contributed by atoms with Crippen LogP contribution in [0.25, 0.3) is 0 Å². The van der Waals surface area contributed by atoms with Crippen molar-refractivity contribution < 1.29 is 23.8 Å². The summed E-state index contributed by atoms with van der Waals surface area (Å²) in [7, 11) is 0. The highest BCUT2D eigenvalue weighted by molar-refractivity contribution is 6.07. The average Bonchev–Trinajstić information content (AvgIpc) is 3.18. The van der Waals surface area contributed by atoms with Crippen LogP contribution < -0.4 is 14.8 Å². The maximum absolute atomic E-state index is 12.9. The molecule has 0 aliphatic carbocycles. The van der Waals surface area contributed by atoms with Crippen LogP contribution in [0.4, 0.5) is 4.79 Å². The second kappa shape index (κ2) is 5.66. The number of rotatable bonds is 3. The summed E-state index contributed by atoms with van der Waals surface area (Å²) in [5, 5.41) is 2.81. The summed E-state index contributed by atoms with van der Waals surface area (Å²) in [6.07, 6.45) is 1.77. The van der Waals surface area contributed by atoms with E-state index in [1.54, 1.807) is 25.1 Å². The van der Waals surface area contributed by atoms with Gasteiger partial charge in [0, 0.05) is 6.61 Å². The van der Waals surface area contributed by atoms with E-state index in [-0.39, 0.29) is 18.0 Å². The molecular formula is C17H20N2O5. The fraction of sp³-hybridized carbons (Fsp3) is 0.529. The molecule has 1 N–H and O–H groups in total. The molecule has 1 aromatic rings. The Morgan fingerprint density at radius 2 is 2.00 bits per heavy atom. The Kier molecular flexibility index (Phi) is 3.60. The molecule has 0 saturated carbocycles. The van der Waals surface area contributed by atoms with Gasteiger partial charge < -0.3 is 19.5 Å². The molecule has 0 unspecified atom stereocenters. The number of amides is 3. The van der Waals surface area contributed by atoms with E-state index in [4.69, 9.17) is 14.2 Å². The number of fused-ring (bicyclic) bond motifs is 1. The molecule has 3 aliphatic heterocycles. The Morgan fingerprint density at radius 1 is 1.21 bits per heavy atom. The van der Waals surface area contributed by atoms with Crippen molar-refractivity contribution in [3.05, 3.63) is 23.8 Å². The SMILES string of the molecule is C[C@@]1(c2ccc3c(c2)OCCO3)NC(=O)N(C[C@@H]2CCCO2)C1=O. The van der Waals surface area contributed by atoms with E-state index in [2.05, 4.69) is 5.32 Å². The molecule has 7 heteroatoms. The number of hydrogen-bond donors (Lipinski definition) is 1. The maximum atomic E-state index is 12.9. The fourth-order valence-electron chi connectivity index (χ4n) is 3.40. The van der Waals surface area contributed by atoms with E-state index in [0.717, 1.165) is 12.8 Å². The van der Waals surface area contributed by atoms with E-state index in [9.17, 15) is 9.59 Å². The van der Waals surface area contributed by atoms with Gasteiger partial charge in [-0.25, -0.2) is 4.79 Å². The molecule has 0 aromatic heterocycles. The Bertz CT molecular complexity index is 686. The van der Waals surface area contributed by atoms with Gasteiger partial charge >= 0.3 is 6.03 Å². The maximum Gasteiger partial charge on any atom is 0.325 e. The fourth-order valence-corrected chi connectivity index (χ4v) is 3.40. The number of carbonyl (C=O) groups is 2. The van der Waals surface area contributed by atoms with E-state index in [0.29, 0.717) is 43.4 Å². The number of ether oxygens (including phenoxy) is 3. The van der Waals surface area contributed by atoms with Crippen molar-refractivity contribution in [1.82, 2.24) is 10.2 Å². The normalized spacial score (nSPS) is 29.0. The molecule has 2 atom stereocenters. The molecule has 0 radical (unpaired) electrons. The number of nitrogens with zero attached hydrogens (tertiary/aromatic N) is 1. The van der Waals surface area contributed by atoms with E-state index in [1.807, 2.05) is 0 Å². The van der Waals surface area contributed by atoms with Crippen LogP contribution in [0.5, 0.6) is 11.5 Å². The lowest BCUT2D eigenvalue weighted by Crippen LogP contribution is -2.42. The number of urea groups is 1. The Labute approximate surface area is 139 Å². The van der Waals surface area contributed by atoms with E-state index >= 15 is 0 Å². The third-order valence-corrected chi connectivity index (χ3v) is 4.80. The second-order valence-corrected chi connectivity index (χ2v) is 6.46. The lowest BCUT2D eigenvalue weighted by atomic mass is 9.91. The quantitative estimate of drug-likeness (QED) is 0.847. The summed E-state index contributed by atoms with van der Waals surface area (Å²) in [5.41, 5.74) is -0.425. The Balaban J connectivity index is 1.60. The zero-order valence-electron chi connectivity index (χ0n) is 13.5. The number of carbonyl (C=O) groups excluding carboxylic acids is 2. The van der Waals surface area contributed by atoms with Crippen LogP contribution in [0.15, 0.2) is 18.2 Å². The minimum atomic E-state index is -1.11. The Hall–Kier alpha value is -2.28. The Morgan fingerprint density at radius 3 is 2.75 bits per heavy atom. The van der Waals surface area contributed by atoms with Gasteiger partial charge in [-0.1, -0.05) is 6.07 Å². The molecule has 1 aromatic carbocycles. The standard InChI is InChI=1S/C17H20N2O5/c1-17(11-4-5-13-14(9-11)24-8-7-23-13)15(20)19(16(21)18-17)10-12-3-2-6-22-12/h4-5,9,12H,2-3,6-8,10H2,1H3,(H,18,21)/t12-,17-/m0/s1. The minimum Gasteiger partial charge on any atom is -0.486 e. The highest BCUT2D eigenvalue weighted by Crippen LogP contribution is 2.37. The zero-order chi connectivity index (χ0) is 16.7. The van der Waals surface area contributed by atoms with Crippen LogP contribution in [0.1, 0.15) is 25.3 Å². The van der Waals surface area contributed by atoms with Gasteiger partial charge in [-0.3, -0.25) is 9.69 Å². The zero-order valence-corrected chi connectivity index (χ0v) is 13.5. The topological polar surface area (TPSA) is 77.1 Å². The van der Waals surface area contributed by atoms with Gasteiger partial charge in [0.2, 0.25) is 0 Å². The molecule has 2 fully saturated rings. The number of imide groups is 1. The first-order valence-corrected chi connectivity index (χ1v) is 8.24. The van der Waals surface area contributed by atoms with Crippen LogP contribution in [0, 0.1) is 0 Å². The number of benzene rings is 1. The smallest absolute Gasteiger partial charge is 0.325 e. The number of nitrogens with one attached hydrogen (secondary N) is 1. The minimum absolute atomic E-state index is 0.0673. The van der Waals surface area contributed by atoms with Crippen LogP contribution in [0.2, 0.25) is 0 Å². The summed E-state index contributed by atoms with van der Waals surface area (Å²) in [4.78, 5) is 26.5. The highest BCUT2D eigenvalue weighted by Gasteiger charge is 2.50. The van der Waals surface area contributed by atoms with Crippen molar-refractivity contribution in [3.8, 4) is 11.5 Å². The molecule has 24 heavy (non-hydrogen) atoms. The predicted molar refractivity (Wildman–Crippen MR) is 84.0 cm³/mol. The van der Waals surface area contributed by atoms with Gasteiger partial charge in [-0.05, 0) is 37.5 Å². The molecule has 3 amide bonds.